The molecule has 288 valence electrons. The number of unbranched alkanes of at least 4 members (excludes halogenated alkanes) is 2. The summed E-state index contributed by atoms with van der Waals surface area (Å²) in [5.41, 5.74) is 3.10. The highest BCUT2D eigenvalue weighted by molar-refractivity contribution is 5.93. The number of aliphatic hydroxyl groups excluding tert-OH is 1. The van der Waals surface area contributed by atoms with Crippen LogP contribution in [-0.4, -0.2) is 55.7 Å². The molecule has 0 radical (unpaired) electrons. The molecule has 0 fully saturated rings. The summed E-state index contributed by atoms with van der Waals surface area (Å²) in [5.74, 6) is -0.694. The highest BCUT2D eigenvalue weighted by Gasteiger charge is 2.23. The Bertz CT molecular complexity index is 1490. The highest BCUT2D eigenvalue weighted by Crippen LogP contribution is 2.25. The van der Waals surface area contributed by atoms with Crippen LogP contribution in [0.2, 0.25) is 0 Å². The average Bonchev–Trinajstić information content (AvgIpc) is 3.20. The molecule has 2 unspecified atom stereocenters. The van der Waals surface area contributed by atoms with Gasteiger partial charge in [0.15, 0.2) is 5.76 Å². The van der Waals surface area contributed by atoms with Gasteiger partial charge in [-0.05, 0) is 60.1 Å². The van der Waals surface area contributed by atoms with E-state index in [2.05, 4.69) is 32.6 Å². The molecule has 53 heavy (non-hydrogen) atoms. The lowest BCUT2D eigenvalue weighted by atomic mass is 9.95. The van der Waals surface area contributed by atoms with E-state index in [1.807, 2.05) is 72.8 Å². The fourth-order valence-corrected chi connectivity index (χ4v) is 5.96. The molecule has 0 aliphatic rings. The molecule has 9 heteroatoms. The summed E-state index contributed by atoms with van der Waals surface area (Å²) >= 11 is 0. The second-order valence-corrected chi connectivity index (χ2v) is 13.5. The van der Waals surface area contributed by atoms with Gasteiger partial charge in [0.25, 0.3) is 0 Å². The van der Waals surface area contributed by atoms with Gasteiger partial charge >= 0.3 is 11.9 Å². The van der Waals surface area contributed by atoms with E-state index >= 15 is 0 Å². The molecule has 0 saturated carbocycles. The smallest absolute Gasteiger partial charge is 0.377 e. The first-order valence-corrected chi connectivity index (χ1v) is 19.3. The van der Waals surface area contributed by atoms with Crippen LogP contribution in [0.1, 0.15) is 101 Å². The minimum absolute atomic E-state index is 0.0319. The standard InChI is InChI=1S/C44H60N2O7/c1-5-9-17-34(7-3)28-46(29-35(8-4)18-10-6-2)39-25-23-38(24-26-39)43(48)52-32-40(47)33-53-44(49)42(51-31-37-21-15-12-16-22-37)41(27-45)50-30-36-19-13-11-14-20-36/h11-16,19-27,34-35,40,45,47H,5-10,17-18,28-33H2,1-4H3/b42-41-,45-27?/t34?,35?,40-/m0/s1. The minimum Gasteiger partial charge on any atom is -0.483 e. The molecule has 0 spiro atoms. The summed E-state index contributed by atoms with van der Waals surface area (Å²) in [4.78, 5) is 28.7. The molecule has 0 aromatic heterocycles. The van der Waals surface area contributed by atoms with Gasteiger partial charge in [-0.1, -0.05) is 127 Å². The minimum atomic E-state index is -1.29. The number of aliphatic hydroxyl groups is 1. The van der Waals surface area contributed by atoms with Crippen LogP contribution < -0.4 is 4.90 Å². The van der Waals surface area contributed by atoms with Crippen LogP contribution in [0.5, 0.6) is 0 Å². The number of nitrogens with one attached hydrogen (secondary N) is 1. The van der Waals surface area contributed by atoms with Crippen molar-refractivity contribution in [2.45, 2.75) is 98.4 Å². The summed E-state index contributed by atoms with van der Waals surface area (Å²) in [5, 5.41) is 18.5. The van der Waals surface area contributed by atoms with Crippen molar-refractivity contribution >= 4 is 23.8 Å². The quantitative estimate of drug-likeness (QED) is 0.0364. The Hall–Kier alpha value is -4.63. The zero-order valence-corrected chi connectivity index (χ0v) is 32.1. The Balaban J connectivity index is 1.61. The van der Waals surface area contributed by atoms with E-state index in [-0.39, 0.29) is 31.3 Å². The molecule has 2 N–H and O–H groups in total. The van der Waals surface area contributed by atoms with Crippen molar-refractivity contribution in [2.24, 2.45) is 11.8 Å². The maximum atomic E-state index is 13.2. The number of anilines is 1. The van der Waals surface area contributed by atoms with E-state index in [4.69, 9.17) is 24.4 Å². The number of hydrogen-bond acceptors (Lipinski definition) is 9. The third kappa shape index (κ3) is 15.5. The van der Waals surface area contributed by atoms with Crippen LogP contribution in [0.4, 0.5) is 5.69 Å². The van der Waals surface area contributed by atoms with Crippen LogP contribution in [0.15, 0.2) is 96.4 Å². The SMILES string of the molecule is CCCCC(CC)CN(CC(CC)CCCC)c1ccc(C(=O)OC[C@H](O)COC(=O)/C(OCc2ccccc2)=C(\C=N)OCc2ccccc2)cc1. The Labute approximate surface area is 316 Å². The monoisotopic (exact) mass is 728 g/mol. The van der Waals surface area contributed by atoms with Crippen molar-refractivity contribution in [1.82, 2.24) is 0 Å². The molecule has 9 nitrogen and oxygen atoms in total. The fourth-order valence-electron chi connectivity index (χ4n) is 5.96. The number of ether oxygens (including phenoxy) is 4. The second-order valence-electron chi connectivity index (χ2n) is 13.5. The van der Waals surface area contributed by atoms with Crippen molar-refractivity contribution in [3.63, 3.8) is 0 Å². The first kappa shape index (κ1) is 42.8. The summed E-state index contributed by atoms with van der Waals surface area (Å²) in [6, 6.07) is 26.1. The maximum absolute atomic E-state index is 13.2. The number of rotatable bonds is 26. The Morgan fingerprint density at radius 3 is 1.70 bits per heavy atom. The number of nitrogens with zero attached hydrogens (tertiary/aromatic N) is 1. The number of hydrogen-bond donors (Lipinski definition) is 2. The van der Waals surface area contributed by atoms with Gasteiger partial charge < -0.3 is 34.4 Å². The van der Waals surface area contributed by atoms with Crippen LogP contribution in [-0.2, 0) is 37.0 Å². The summed E-state index contributed by atoms with van der Waals surface area (Å²) < 4.78 is 22.3. The van der Waals surface area contributed by atoms with Crippen molar-refractivity contribution in [3.05, 3.63) is 113 Å². The molecular weight excluding hydrogens is 668 g/mol. The molecule has 3 atom stereocenters. The number of esters is 2. The first-order valence-electron chi connectivity index (χ1n) is 19.3. The molecule has 0 aliphatic heterocycles. The van der Waals surface area contributed by atoms with Crippen molar-refractivity contribution in [1.29, 1.82) is 5.41 Å². The van der Waals surface area contributed by atoms with E-state index in [9.17, 15) is 14.7 Å². The van der Waals surface area contributed by atoms with Crippen LogP contribution in [0.25, 0.3) is 0 Å². The third-order valence-electron chi connectivity index (χ3n) is 9.33. The predicted molar refractivity (Wildman–Crippen MR) is 211 cm³/mol. The topological polar surface area (TPSA) is 118 Å². The number of benzene rings is 3. The average molecular weight is 729 g/mol. The second kappa shape index (κ2) is 24.6. The van der Waals surface area contributed by atoms with Crippen LogP contribution in [0.3, 0.4) is 0 Å². The molecule has 0 bridgehead atoms. The molecule has 0 aliphatic carbocycles. The fraction of sp³-hybridized carbons (Fsp3) is 0.477. The summed E-state index contributed by atoms with van der Waals surface area (Å²) in [6.45, 7) is 10.3. The lowest BCUT2D eigenvalue weighted by Gasteiger charge is -2.32. The number of carbonyl (C=O) groups is 2. The Morgan fingerprint density at radius 1 is 0.698 bits per heavy atom. The molecule has 3 rings (SSSR count). The van der Waals surface area contributed by atoms with E-state index in [1.54, 1.807) is 12.1 Å². The lowest BCUT2D eigenvalue weighted by molar-refractivity contribution is -0.147. The van der Waals surface area contributed by atoms with Gasteiger partial charge in [-0.25, -0.2) is 9.59 Å². The highest BCUT2D eigenvalue weighted by atomic mass is 16.6. The van der Waals surface area contributed by atoms with Crippen molar-refractivity contribution < 1.29 is 33.6 Å². The summed E-state index contributed by atoms with van der Waals surface area (Å²) in [6.07, 6.45) is 9.12. The molecule has 3 aromatic rings. The zero-order chi connectivity index (χ0) is 38.3. The van der Waals surface area contributed by atoms with Gasteiger partial charge in [0.1, 0.15) is 32.5 Å². The number of carbonyl (C=O) groups excluding carboxylic acids is 2. The maximum Gasteiger partial charge on any atom is 0.377 e. The summed E-state index contributed by atoms with van der Waals surface area (Å²) in [7, 11) is 0. The van der Waals surface area contributed by atoms with Crippen LogP contribution in [0, 0.1) is 17.2 Å². The van der Waals surface area contributed by atoms with E-state index in [0.717, 1.165) is 49.0 Å². The normalized spacial score (nSPS) is 13.2. The largest absolute Gasteiger partial charge is 0.483 e. The Morgan fingerprint density at radius 2 is 1.21 bits per heavy atom. The molecule has 3 aromatic carbocycles. The zero-order valence-electron chi connectivity index (χ0n) is 32.1. The van der Waals surface area contributed by atoms with Crippen molar-refractivity contribution in [3.8, 4) is 0 Å². The first-order chi connectivity index (χ1) is 25.8. The lowest BCUT2D eigenvalue weighted by Crippen LogP contribution is -2.34. The predicted octanol–water partition coefficient (Wildman–Crippen LogP) is 9.28. The van der Waals surface area contributed by atoms with E-state index < -0.39 is 24.6 Å². The van der Waals surface area contributed by atoms with Gasteiger partial charge in [-0.2, -0.15) is 0 Å². The molecule has 0 saturated heterocycles. The van der Waals surface area contributed by atoms with Crippen LogP contribution >= 0.6 is 0 Å². The van der Waals surface area contributed by atoms with Gasteiger partial charge in [-0.15, -0.1) is 0 Å². The van der Waals surface area contributed by atoms with Gasteiger partial charge in [0, 0.05) is 18.8 Å². The molecule has 0 heterocycles. The van der Waals surface area contributed by atoms with E-state index in [1.165, 1.54) is 38.5 Å². The van der Waals surface area contributed by atoms with Gasteiger partial charge in [0.05, 0.1) is 11.8 Å². The third-order valence-corrected chi connectivity index (χ3v) is 9.33. The van der Waals surface area contributed by atoms with E-state index in [0.29, 0.717) is 17.4 Å². The number of allylic oxidation sites excluding steroid dienone is 1. The van der Waals surface area contributed by atoms with Crippen molar-refractivity contribution in [2.75, 3.05) is 31.2 Å². The molecule has 0 amide bonds. The molecular formula is C44H60N2O7. The van der Waals surface area contributed by atoms with Gasteiger partial charge in [-0.3, -0.25) is 0 Å². The van der Waals surface area contributed by atoms with Gasteiger partial charge in [0.2, 0.25) is 5.76 Å². The Kier molecular flexibility index (Phi) is 19.8.